The summed E-state index contributed by atoms with van der Waals surface area (Å²) in [7, 11) is 0. The molecule has 1 fully saturated rings. The molecule has 2 atom stereocenters. The lowest BCUT2D eigenvalue weighted by Crippen LogP contribution is -2.39. The fourth-order valence-electron chi connectivity index (χ4n) is 3.09. The Morgan fingerprint density at radius 1 is 1.36 bits per heavy atom. The van der Waals surface area contributed by atoms with Gasteiger partial charge in [-0.15, -0.1) is 10.2 Å². The molecule has 0 radical (unpaired) electrons. The molecule has 0 saturated carbocycles. The molecule has 120 valence electrons. The first kappa shape index (κ1) is 15.2. The summed E-state index contributed by atoms with van der Waals surface area (Å²) >= 11 is 0. The van der Waals surface area contributed by atoms with E-state index >= 15 is 0 Å². The van der Waals surface area contributed by atoms with Gasteiger partial charge >= 0.3 is 0 Å². The van der Waals surface area contributed by atoms with Crippen molar-refractivity contribution in [3.63, 3.8) is 0 Å². The van der Waals surface area contributed by atoms with Crippen LogP contribution in [-0.4, -0.2) is 39.4 Å². The molecule has 2 aromatic rings. The summed E-state index contributed by atoms with van der Waals surface area (Å²) in [6, 6.07) is 1.91. The maximum atomic E-state index is 9.76. The molecule has 2 unspecified atom stereocenters. The van der Waals surface area contributed by atoms with Crippen molar-refractivity contribution in [3.05, 3.63) is 23.5 Å². The van der Waals surface area contributed by atoms with Gasteiger partial charge in [-0.2, -0.15) is 0 Å². The Kier molecular flexibility index (Phi) is 4.31. The van der Waals surface area contributed by atoms with Crippen LogP contribution in [-0.2, 0) is 6.54 Å². The summed E-state index contributed by atoms with van der Waals surface area (Å²) < 4.78 is 11.3. The molecule has 1 saturated heterocycles. The van der Waals surface area contributed by atoms with Crippen molar-refractivity contribution in [2.75, 3.05) is 13.1 Å². The number of aliphatic hydroxyl groups is 1. The predicted molar refractivity (Wildman–Crippen MR) is 81.2 cm³/mol. The van der Waals surface area contributed by atoms with E-state index in [2.05, 4.69) is 15.1 Å². The molecule has 1 aliphatic heterocycles. The van der Waals surface area contributed by atoms with Gasteiger partial charge in [-0.25, -0.2) is 0 Å². The second-order valence-electron chi connectivity index (χ2n) is 6.21. The van der Waals surface area contributed by atoms with Crippen LogP contribution in [0.25, 0.3) is 11.5 Å². The summed E-state index contributed by atoms with van der Waals surface area (Å²) in [5.41, 5.74) is 0.858. The van der Waals surface area contributed by atoms with Crippen LogP contribution in [0.2, 0.25) is 0 Å². The lowest BCUT2D eigenvalue weighted by atomic mass is 9.93. The minimum atomic E-state index is -0.266. The van der Waals surface area contributed by atoms with Crippen molar-refractivity contribution in [1.29, 1.82) is 0 Å². The molecule has 0 bridgehead atoms. The Morgan fingerprint density at radius 2 is 2.18 bits per heavy atom. The number of aromatic nitrogens is 2. The highest BCUT2D eigenvalue weighted by Crippen LogP contribution is 2.26. The molecule has 6 heteroatoms. The number of hydrogen-bond acceptors (Lipinski definition) is 6. The van der Waals surface area contributed by atoms with Crippen molar-refractivity contribution in [1.82, 2.24) is 15.1 Å². The molecule has 1 aliphatic rings. The zero-order valence-electron chi connectivity index (χ0n) is 13.4. The van der Waals surface area contributed by atoms with Gasteiger partial charge in [0.1, 0.15) is 11.5 Å². The molecule has 3 heterocycles. The van der Waals surface area contributed by atoms with Gasteiger partial charge in [0, 0.05) is 6.54 Å². The Hall–Kier alpha value is -1.66. The number of aliphatic hydroxyl groups excluding tert-OH is 1. The molecular weight excluding hydrogens is 282 g/mol. The average molecular weight is 305 g/mol. The number of hydrogen-bond donors (Lipinski definition) is 1. The van der Waals surface area contributed by atoms with Crippen molar-refractivity contribution >= 4 is 0 Å². The third kappa shape index (κ3) is 3.23. The Labute approximate surface area is 130 Å². The van der Waals surface area contributed by atoms with Crippen LogP contribution >= 0.6 is 0 Å². The van der Waals surface area contributed by atoms with Crippen molar-refractivity contribution in [3.8, 4) is 11.5 Å². The van der Waals surface area contributed by atoms with Crippen LogP contribution in [0.15, 0.2) is 14.9 Å². The van der Waals surface area contributed by atoms with E-state index in [1.165, 1.54) is 0 Å². The van der Waals surface area contributed by atoms with Gasteiger partial charge in [-0.3, -0.25) is 4.90 Å². The molecule has 1 N–H and O–H groups in total. The Balaban J connectivity index is 1.68. The summed E-state index contributed by atoms with van der Waals surface area (Å²) in [4.78, 5) is 2.27. The monoisotopic (exact) mass is 305 g/mol. The lowest BCUT2D eigenvalue weighted by molar-refractivity contribution is 0.0566. The second kappa shape index (κ2) is 6.22. The van der Waals surface area contributed by atoms with Crippen molar-refractivity contribution < 1.29 is 13.9 Å². The fourth-order valence-corrected chi connectivity index (χ4v) is 3.09. The van der Waals surface area contributed by atoms with Crippen LogP contribution in [0, 0.1) is 19.8 Å². The van der Waals surface area contributed by atoms with E-state index in [0.29, 0.717) is 24.2 Å². The van der Waals surface area contributed by atoms with E-state index in [1.807, 2.05) is 26.8 Å². The molecule has 6 nitrogen and oxygen atoms in total. The minimum Gasteiger partial charge on any atom is -0.466 e. The van der Waals surface area contributed by atoms with Crippen LogP contribution in [0.5, 0.6) is 0 Å². The van der Waals surface area contributed by atoms with Crippen LogP contribution in [0.3, 0.4) is 0 Å². The van der Waals surface area contributed by atoms with Crippen molar-refractivity contribution in [2.24, 2.45) is 5.92 Å². The maximum Gasteiger partial charge on any atom is 0.251 e. The van der Waals surface area contributed by atoms with Gasteiger partial charge < -0.3 is 13.9 Å². The number of aryl methyl sites for hydroxylation is 2. The molecule has 2 aromatic heterocycles. The number of furan rings is 1. The Bertz CT molecular complexity index is 632. The number of likely N-dealkylation sites (tertiary alicyclic amines) is 1. The standard InChI is InChI=1S/C16H23N3O3/c1-10-7-14(12(3)21-10)16-18-17-15(22-16)9-19-6-4-5-13(8-19)11(2)20/h7,11,13,20H,4-6,8-9H2,1-3H3. The van der Waals surface area contributed by atoms with Gasteiger partial charge in [0.05, 0.1) is 18.2 Å². The highest BCUT2D eigenvalue weighted by molar-refractivity contribution is 5.55. The minimum absolute atomic E-state index is 0.266. The summed E-state index contributed by atoms with van der Waals surface area (Å²) in [5.74, 6) is 3.07. The van der Waals surface area contributed by atoms with Gasteiger partial charge in [0.2, 0.25) is 5.89 Å². The fraction of sp³-hybridized carbons (Fsp3) is 0.625. The first-order valence-corrected chi connectivity index (χ1v) is 7.83. The molecule has 0 aliphatic carbocycles. The molecule has 0 aromatic carbocycles. The summed E-state index contributed by atoms with van der Waals surface area (Å²) in [6.07, 6.45) is 1.91. The van der Waals surface area contributed by atoms with E-state index in [1.54, 1.807) is 0 Å². The SMILES string of the molecule is Cc1cc(-c2nnc(CN3CCCC(C(C)O)C3)o2)c(C)o1. The zero-order valence-corrected chi connectivity index (χ0v) is 13.4. The van der Waals surface area contributed by atoms with Gasteiger partial charge in [0.15, 0.2) is 0 Å². The third-order valence-electron chi connectivity index (χ3n) is 4.32. The first-order chi connectivity index (χ1) is 10.5. The topological polar surface area (TPSA) is 75.5 Å². The van der Waals surface area contributed by atoms with Crippen LogP contribution < -0.4 is 0 Å². The maximum absolute atomic E-state index is 9.76. The summed E-state index contributed by atoms with van der Waals surface area (Å²) in [5, 5.41) is 18.0. The smallest absolute Gasteiger partial charge is 0.251 e. The third-order valence-corrected chi connectivity index (χ3v) is 4.32. The van der Waals surface area contributed by atoms with Gasteiger partial charge in [-0.05, 0) is 52.1 Å². The van der Waals surface area contributed by atoms with E-state index in [9.17, 15) is 5.11 Å². The van der Waals surface area contributed by atoms with Crippen LogP contribution in [0.1, 0.15) is 37.2 Å². The van der Waals surface area contributed by atoms with E-state index in [0.717, 1.165) is 43.0 Å². The average Bonchev–Trinajstić information content (AvgIpc) is 3.05. The predicted octanol–water partition coefficient (Wildman–Crippen LogP) is 2.54. The number of piperidine rings is 1. The highest BCUT2D eigenvalue weighted by atomic mass is 16.4. The van der Waals surface area contributed by atoms with E-state index in [4.69, 9.17) is 8.83 Å². The largest absolute Gasteiger partial charge is 0.466 e. The lowest BCUT2D eigenvalue weighted by Gasteiger charge is -2.33. The normalized spacial score (nSPS) is 21.2. The summed E-state index contributed by atoms with van der Waals surface area (Å²) in [6.45, 7) is 8.17. The van der Waals surface area contributed by atoms with Crippen LogP contribution in [0.4, 0.5) is 0 Å². The quantitative estimate of drug-likeness (QED) is 0.935. The van der Waals surface area contributed by atoms with Gasteiger partial charge in [0.25, 0.3) is 5.89 Å². The molecule has 22 heavy (non-hydrogen) atoms. The van der Waals surface area contributed by atoms with E-state index in [-0.39, 0.29) is 6.10 Å². The first-order valence-electron chi connectivity index (χ1n) is 7.83. The molecule has 0 amide bonds. The van der Waals surface area contributed by atoms with Crippen molar-refractivity contribution in [2.45, 2.75) is 46.3 Å². The Morgan fingerprint density at radius 3 is 2.86 bits per heavy atom. The number of rotatable bonds is 4. The second-order valence-corrected chi connectivity index (χ2v) is 6.21. The highest BCUT2D eigenvalue weighted by Gasteiger charge is 2.25. The molecular formula is C16H23N3O3. The zero-order chi connectivity index (χ0) is 15.7. The van der Waals surface area contributed by atoms with Gasteiger partial charge in [-0.1, -0.05) is 0 Å². The number of nitrogens with zero attached hydrogens (tertiary/aromatic N) is 3. The van der Waals surface area contributed by atoms with E-state index < -0.39 is 0 Å². The molecule has 3 rings (SSSR count). The molecule has 0 spiro atoms.